The molecule has 0 saturated carbocycles. The Morgan fingerprint density at radius 3 is 2.85 bits per heavy atom. The number of ether oxygens (including phenoxy) is 1. The molecule has 1 aromatic carbocycles. The normalized spacial score (nSPS) is 25.1. The Labute approximate surface area is 121 Å². The summed E-state index contributed by atoms with van der Waals surface area (Å²) in [4.78, 5) is 5.15. The third kappa shape index (κ3) is 2.97. The second-order valence-corrected chi connectivity index (χ2v) is 5.96. The van der Waals surface area contributed by atoms with Crippen molar-refractivity contribution in [3.8, 4) is 0 Å². The molecule has 0 amide bonds. The SMILES string of the molecule is Cc1c(N)cccc1CN1CCC(N2CCOCC2)C1. The van der Waals surface area contributed by atoms with Crippen LogP contribution in [0.15, 0.2) is 18.2 Å². The zero-order chi connectivity index (χ0) is 13.9. The number of hydrogen-bond acceptors (Lipinski definition) is 4. The quantitative estimate of drug-likeness (QED) is 0.849. The second-order valence-electron chi connectivity index (χ2n) is 5.96. The monoisotopic (exact) mass is 275 g/mol. The molecule has 0 radical (unpaired) electrons. The minimum Gasteiger partial charge on any atom is -0.399 e. The molecule has 2 N–H and O–H groups in total. The molecule has 0 aliphatic carbocycles. The first-order chi connectivity index (χ1) is 9.74. The van der Waals surface area contributed by atoms with E-state index in [0.29, 0.717) is 6.04 Å². The van der Waals surface area contributed by atoms with E-state index in [1.54, 1.807) is 0 Å². The van der Waals surface area contributed by atoms with Gasteiger partial charge in [-0.15, -0.1) is 0 Å². The Bertz CT molecular complexity index is 457. The van der Waals surface area contributed by atoms with Gasteiger partial charge in [-0.2, -0.15) is 0 Å². The Hall–Kier alpha value is -1.10. The molecule has 20 heavy (non-hydrogen) atoms. The van der Waals surface area contributed by atoms with Gasteiger partial charge in [0.1, 0.15) is 0 Å². The average molecular weight is 275 g/mol. The molecular formula is C16H25N3O. The highest BCUT2D eigenvalue weighted by atomic mass is 16.5. The number of nitrogen functional groups attached to an aromatic ring is 1. The molecule has 3 rings (SSSR count). The van der Waals surface area contributed by atoms with E-state index in [0.717, 1.165) is 38.5 Å². The molecule has 0 bridgehead atoms. The first kappa shape index (κ1) is 13.9. The van der Waals surface area contributed by atoms with Gasteiger partial charge < -0.3 is 10.5 Å². The number of morpholine rings is 1. The summed E-state index contributed by atoms with van der Waals surface area (Å²) in [5, 5.41) is 0. The summed E-state index contributed by atoms with van der Waals surface area (Å²) in [6, 6.07) is 6.96. The number of likely N-dealkylation sites (tertiary alicyclic amines) is 1. The molecule has 0 aromatic heterocycles. The number of rotatable bonds is 3. The summed E-state index contributed by atoms with van der Waals surface area (Å²) in [6.07, 6.45) is 1.28. The maximum absolute atomic E-state index is 6.00. The van der Waals surface area contributed by atoms with E-state index in [-0.39, 0.29) is 0 Å². The summed E-state index contributed by atoms with van der Waals surface area (Å²) >= 11 is 0. The van der Waals surface area contributed by atoms with Gasteiger partial charge in [0, 0.05) is 44.5 Å². The van der Waals surface area contributed by atoms with Gasteiger partial charge in [0.2, 0.25) is 0 Å². The molecule has 110 valence electrons. The largest absolute Gasteiger partial charge is 0.399 e. The van der Waals surface area contributed by atoms with Crippen molar-refractivity contribution < 1.29 is 4.74 Å². The predicted octanol–water partition coefficient (Wildman–Crippen LogP) is 1.48. The van der Waals surface area contributed by atoms with Crippen molar-refractivity contribution in [3.05, 3.63) is 29.3 Å². The van der Waals surface area contributed by atoms with Crippen LogP contribution in [0.1, 0.15) is 17.5 Å². The fourth-order valence-corrected chi connectivity index (χ4v) is 3.31. The Balaban J connectivity index is 1.58. The van der Waals surface area contributed by atoms with E-state index < -0.39 is 0 Å². The molecule has 2 aliphatic rings. The van der Waals surface area contributed by atoms with E-state index in [9.17, 15) is 0 Å². The summed E-state index contributed by atoms with van der Waals surface area (Å²) in [7, 11) is 0. The van der Waals surface area contributed by atoms with Gasteiger partial charge >= 0.3 is 0 Å². The molecule has 4 nitrogen and oxygen atoms in total. The zero-order valence-corrected chi connectivity index (χ0v) is 12.3. The standard InChI is InChI=1S/C16H25N3O/c1-13-14(3-2-4-16(13)17)11-18-6-5-15(12-18)19-7-9-20-10-8-19/h2-4,15H,5-12,17H2,1H3. The average Bonchev–Trinajstić information content (AvgIpc) is 2.93. The van der Waals surface area contributed by atoms with Crippen LogP contribution in [-0.2, 0) is 11.3 Å². The molecule has 2 fully saturated rings. The van der Waals surface area contributed by atoms with E-state index in [1.165, 1.54) is 30.6 Å². The minimum atomic E-state index is 0.709. The van der Waals surface area contributed by atoms with E-state index in [2.05, 4.69) is 28.9 Å². The first-order valence-electron chi connectivity index (χ1n) is 7.62. The van der Waals surface area contributed by atoms with E-state index >= 15 is 0 Å². The van der Waals surface area contributed by atoms with Crippen molar-refractivity contribution in [2.24, 2.45) is 0 Å². The fraction of sp³-hybridized carbons (Fsp3) is 0.625. The van der Waals surface area contributed by atoms with Crippen LogP contribution in [0.25, 0.3) is 0 Å². The molecule has 2 heterocycles. The lowest BCUT2D eigenvalue weighted by Crippen LogP contribution is -2.44. The summed E-state index contributed by atoms with van der Waals surface area (Å²) in [5.74, 6) is 0. The number of nitrogens with two attached hydrogens (primary N) is 1. The van der Waals surface area contributed by atoms with Crippen LogP contribution >= 0.6 is 0 Å². The highest BCUT2D eigenvalue weighted by Gasteiger charge is 2.28. The van der Waals surface area contributed by atoms with E-state index in [1.807, 2.05) is 6.07 Å². The number of benzene rings is 1. The Morgan fingerprint density at radius 2 is 2.05 bits per heavy atom. The Kier molecular flexibility index (Phi) is 4.24. The summed E-state index contributed by atoms with van der Waals surface area (Å²) in [6.45, 7) is 9.49. The summed E-state index contributed by atoms with van der Waals surface area (Å²) < 4.78 is 5.44. The van der Waals surface area contributed by atoms with Crippen LogP contribution in [0.2, 0.25) is 0 Å². The van der Waals surface area contributed by atoms with Gasteiger partial charge in [0.25, 0.3) is 0 Å². The molecule has 1 aromatic rings. The van der Waals surface area contributed by atoms with Crippen LogP contribution in [-0.4, -0.2) is 55.2 Å². The van der Waals surface area contributed by atoms with Crippen molar-refractivity contribution in [3.63, 3.8) is 0 Å². The third-order valence-corrected chi connectivity index (χ3v) is 4.69. The molecule has 0 spiro atoms. The molecule has 2 aliphatic heterocycles. The van der Waals surface area contributed by atoms with Crippen LogP contribution in [0.5, 0.6) is 0 Å². The maximum Gasteiger partial charge on any atom is 0.0594 e. The van der Waals surface area contributed by atoms with Gasteiger partial charge in [-0.3, -0.25) is 9.80 Å². The van der Waals surface area contributed by atoms with Crippen molar-refractivity contribution in [1.29, 1.82) is 0 Å². The number of hydrogen-bond donors (Lipinski definition) is 1. The predicted molar refractivity (Wildman–Crippen MR) is 81.7 cm³/mol. The van der Waals surface area contributed by atoms with Gasteiger partial charge in [-0.05, 0) is 30.5 Å². The smallest absolute Gasteiger partial charge is 0.0594 e. The molecular weight excluding hydrogens is 250 g/mol. The fourth-order valence-electron chi connectivity index (χ4n) is 3.31. The lowest BCUT2D eigenvalue weighted by atomic mass is 10.1. The lowest BCUT2D eigenvalue weighted by Gasteiger charge is -2.32. The van der Waals surface area contributed by atoms with Crippen LogP contribution in [0.3, 0.4) is 0 Å². The molecule has 1 unspecified atom stereocenters. The highest BCUT2D eigenvalue weighted by molar-refractivity contribution is 5.49. The van der Waals surface area contributed by atoms with Crippen LogP contribution < -0.4 is 5.73 Å². The van der Waals surface area contributed by atoms with E-state index in [4.69, 9.17) is 10.5 Å². The zero-order valence-electron chi connectivity index (χ0n) is 12.3. The van der Waals surface area contributed by atoms with Crippen molar-refractivity contribution >= 4 is 5.69 Å². The third-order valence-electron chi connectivity index (χ3n) is 4.69. The van der Waals surface area contributed by atoms with Crippen LogP contribution in [0, 0.1) is 6.92 Å². The topological polar surface area (TPSA) is 41.7 Å². The molecule has 2 saturated heterocycles. The lowest BCUT2D eigenvalue weighted by molar-refractivity contribution is 0.0184. The van der Waals surface area contributed by atoms with Crippen LogP contribution in [0.4, 0.5) is 5.69 Å². The number of anilines is 1. The summed E-state index contributed by atoms with van der Waals surface area (Å²) in [5.41, 5.74) is 9.51. The molecule has 1 atom stereocenters. The van der Waals surface area contributed by atoms with Gasteiger partial charge in [0.15, 0.2) is 0 Å². The van der Waals surface area contributed by atoms with Gasteiger partial charge in [0.05, 0.1) is 13.2 Å². The van der Waals surface area contributed by atoms with Crippen molar-refractivity contribution in [1.82, 2.24) is 9.80 Å². The maximum atomic E-state index is 6.00. The van der Waals surface area contributed by atoms with Crippen molar-refractivity contribution in [2.75, 3.05) is 45.1 Å². The van der Waals surface area contributed by atoms with Gasteiger partial charge in [-0.25, -0.2) is 0 Å². The first-order valence-corrected chi connectivity index (χ1v) is 7.62. The number of nitrogens with zero attached hydrogens (tertiary/aromatic N) is 2. The highest BCUT2D eigenvalue weighted by Crippen LogP contribution is 2.22. The minimum absolute atomic E-state index is 0.709. The molecule has 4 heteroatoms. The Morgan fingerprint density at radius 1 is 1.25 bits per heavy atom. The van der Waals surface area contributed by atoms with Gasteiger partial charge in [-0.1, -0.05) is 12.1 Å². The second kappa shape index (κ2) is 6.12. The van der Waals surface area contributed by atoms with Crippen molar-refractivity contribution in [2.45, 2.75) is 25.9 Å².